The Labute approximate surface area is 126 Å². The van der Waals surface area contributed by atoms with Crippen LogP contribution in [0.15, 0.2) is 23.2 Å². The van der Waals surface area contributed by atoms with Crippen molar-refractivity contribution in [1.29, 1.82) is 0 Å². The highest BCUT2D eigenvalue weighted by atomic mass is 35.5. The number of amidine groups is 1. The van der Waals surface area contributed by atoms with Crippen LogP contribution < -0.4 is 5.32 Å². The molecular formula is C14H21Cl2N3. The Morgan fingerprint density at radius 1 is 1.47 bits per heavy atom. The van der Waals surface area contributed by atoms with Gasteiger partial charge in [-0.2, -0.15) is 0 Å². The van der Waals surface area contributed by atoms with Gasteiger partial charge in [-0.3, -0.25) is 4.99 Å². The number of rotatable bonds is 4. The van der Waals surface area contributed by atoms with E-state index >= 15 is 0 Å². The quantitative estimate of drug-likeness (QED) is 0.925. The van der Waals surface area contributed by atoms with Crippen LogP contribution in [0.4, 0.5) is 0 Å². The van der Waals surface area contributed by atoms with Gasteiger partial charge in [0, 0.05) is 18.1 Å². The summed E-state index contributed by atoms with van der Waals surface area (Å²) in [5, 5.41) is 4.18. The van der Waals surface area contributed by atoms with Crippen molar-refractivity contribution in [2.45, 2.75) is 19.9 Å². The van der Waals surface area contributed by atoms with Gasteiger partial charge in [0.2, 0.25) is 0 Å². The Morgan fingerprint density at radius 3 is 2.84 bits per heavy atom. The predicted molar refractivity (Wildman–Crippen MR) is 84.8 cm³/mol. The van der Waals surface area contributed by atoms with Gasteiger partial charge in [0.15, 0.2) is 0 Å². The zero-order valence-corrected chi connectivity index (χ0v) is 13.2. The van der Waals surface area contributed by atoms with Crippen LogP contribution in [0.1, 0.15) is 24.1 Å². The first kappa shape index (κ1) is 16.3. The summed E-state index contributed by atoms with van der Waals surface area (Å²) in [7, 11) is 1.97. The van der Waals surface area contributed by atoms with Crippen LogP contribution in [0.3, 0.4) is 0 Å². The van der Waals surface area contributed by atoms with Crippen molar-refractivity contribution in [2.75, 3.05) is 26.7 Å². The first-order chi connectivity index (χ1) is 8.69. The molecule has 0 saturated heterocycles. The maximum absolute atomic E-state index is 6.21. The molecule has 0 radical (unpaired) electrons. The lowest BCUT2D eigenvalue weighted by atomic mass is 10.00. The fraction of sp³-hybridized carbons (Fsp3) is 0.500. The number of likely N-dealkylation sites (N-methyl/N-ethyl adjacent to an activating group) is 2. The molecular weight excluding hydrogens is 281 g/mol. The summed E-state index contributed by atoms with van der Waals surface area (Å²) >= 11 is 6.21. The summed E-state index contributed by atoms with van der Waals surface area (Å²) < 4.78 is 0. The topological polar surface area (TPSA) is 27.6 Å². The van der Waals surface area contributed by atoms with Crippen molar-refractivity contribution in [3.63, 3.8) is 0 Å². The zero-order chi connectivity index (χ0) is 13.1. The molecule has 1 aromatic carbocycles. The Bertz CT molecular complexity index is 460. The fourth-order valence-electron chi connectivity index (χ4n) is 2.45. The molecule has 106 valence electrons. The first-order valence-corrected chi connectivity index (χ1v) is 6.78. The van der Waals surface area contributed by atoms with Crippen LogP contribution in [0.25, 0.3) is 0 Å². The predicted octanol–water partition coefficient (Wildman–Crippen LogP) is 3.06. The van der Waals surface area contributed by atoms with E-state index in [1.165, 1.54) is 5.56 Å². The van der Waals surface area contributed by atoms with E-state index in [4.69, 9.17) is 11.6 Å². The number of nitrogens with one attached hydrogen (secondary N) is 1. The largest absolute Gasteiger partial charge is 0.357 e. The standard InChI is InChI=1S/C14H20ClN3.ClH/c1-4-18-9-8-17-14(18)13(16-3)11-6-5-7-12(15)10(11)2;/h5-7,13,16H,4,8-9H2,1-3H3;1H. The maximum Gasteiger partial charge on any atom is 0.121 e. The molecule has 1 aromatic rings. The molecule has 1 atom stereocenters. The minimum Gasteiger partial charge on any atom is -0.357 e. The van der Waals surface area contributed by atoms with Crippen molar-refractivity contribution in [3.8, 4) is 0 Å². The minimum absolute atomic E-state index is 0. The molecule has 1 aliphatic heterocycles. The van der Waals surface area contributed by atoms with Crippen LogP contribution in [-0.2, 0) is 0 Å². The van der Waals surface area contributed by atoms with Crippen LogP contribution in [-0.4, -0.2) is 37.4 Å². The van der Waals surface area contributed by atoms with Gasteiger partial charge >= 0.3 is 0 Å². The number of hydrogen-bond donors (Lipinski definition) is 1. The molecule has 0 saturated carbocycles. The van der Waals surface area contributed by atoms with Crippen molar-refractivity contribution in [2.24, 2.45) is 4.99 Å². The van der Waals surface area contributed by atoms with Crippen LogP contribution in [0, 0.1) is 6.92 Å². The summed E-state index contributed by atoms with van der Waals surface area (Å²) in [6.45, 7) is 7.13. The van der Waals surface area contributed by atoms with Crippen LogP contribution >= 0.6 is 24.0 Å². The molecule has 0 spiro atoms. The van der Waals surface area contributed by atoms with Crippen molar-refractivity contribution < 1.29 is 0 Å². The SMILES string of the molecule is CCN1CCN=C1C(NC)c1cccc(Cl)c1C.Cl. The van der Waals surface area contributed by atoms with E-state index < -0.39 is 0 Å². The molecule has 5 heteroatoms. The second-order valence-electron chi connectivity index (χ2n) is 4.50. The summed E-state index contributed by atoms with van der Waals surface area (Å²) in [6.07, 6.45) is 0. The van der Waals surface area contributed by atoms with E-state index in [0.717, 1.165) is 36.1 Å². The van der Waals surface area contributed by atoms with E-state index in [0.29, 0.717) is 0 Å². The van der Waals surface area contributed by atoms with Gasteiger partial charge in [0.1, 0.15) is 5.84 Å². The Hall–Kier alpha value is -0.770. The van der Waals surface area contributed by atoms with Gasteiger partial charge in [0.25, 0.3) is 0 Å². The maximum atomic E-state index is 6.21. The second-order valence-corrected chi connectivity index (χ2v) is 4.90. The van der Waals surface area contributed by atoms with E-state index in [2.05, 4.69) is 35.1 Å². The van der Waals surface area contributed by atoms with E-state index in [1.54, 1.807) is 0 Å². The smallest absolute Gasteiger partial charge is 0.121 e. The van der Waals surface area contributed by atoms with Gasteiger partial charge in [0.05, 0.1) is 12.6 Å². The number of nitrogens with zero attached hydrogens (tertiary/aromatic N) is 2. The average Bonchev–Trinajstić information content (AvgIpc) is 2.83. The monoisotopic (exact) mass is 301 g/mol. The van der Waals surface area contributed by atoms with E-state index in [-0.39, 0.29) is 18.4 Å². The van der Waals surface area contributed by atoms with Gasteiger partial charge in [-0.05, 0) is 38.1 Å². The molecule has 0 fully saturated rings. The third kappa shape index (κ3) is 3.22. The van der Waals surface area contributed by atoms with E-state index in [1.807, 2.05) is 19.2 Å². The average molecular weight is 302 g/mol. The lowest BCUT2D eigenvalue weighted by Crippen LogP contribution is -2.37. The lowest BCUT2D eigenvalue weighted by Gasteiger charge is -2.26. The molecule has 3 nitrogen and oxygen atoms in total. The Balaban J connectivity index is 0.00000180. The minimum atomic E-state index is 0. The molecule has 0 aliphatic carbocycles. The molecule has 0 amide bonds. The summed E-state index contributed by atoms with van der Waals surface area (Å²) in [4.78, 5) is 6.96. The van der Waals surface area contributed by atoms with Crippen molar-refractivity contribution in [1.82, 2.24) is 10.2 Å². The number of halogens is 2. The molecule has 1 unspecified atom stereocenters. The highest BCUT2D eigenvalue weighted by Gasteiger charge is 2.26. The summed E-state index contributed by atoms with van der Waals surface area (Å²) in [5.41, 5.74) is 2.34. The normalized spacial score (nSPS) is 16.0. The molecule has 0 bridgehead atoms. The molecule has 1 aliphatic rings. The molecule has 1 heterocycles. The van der Waals surface area contributed by atoms with Gasteiger partial charge in [-0.15, -0.1) is 12.4 Å². The lowest BCUT2D eigenvalue weighted by molar-refractivity contribution is 0.460. The fourth-order valence-corrected chi connectivity index (χ4v) is 2.64. The number of aliphatic imine (C=N–C) groups is 1. The van der Waals surface area contributed by atoms with Gasteiger partial charge in [-0.25, -0.2) is 0 Å². The Morgan fingerprint density at radius 2 is 2.21 bits per heavy atom. The van der Waals surface area contributed by atoms with Crippen LogP contribution in [0.5, 0.6) is 0 Å². The Kier molecular flexibility index (Phi) is 6.11. The highest BCUT2D eigenvalue weighted by Crippen LogP contribution is 2.27. The van der Waals surface area contributed by atoms with Crippen molar-refractivity contribution in [3.05, 3.63) is 34.3 Å². The number of hydrogen-bond acceptors (Lipinski definition) is 3. The highest BCUT2D eigenvalue weighted by molar-refractivity contribution is 6.31. The second kappa shape index (κ2) is 7.13. The first-order valence-electron chi connectivity index (χ1n) is 6.40. The third-order valence-corrected chi connectivity index (χ3v) is 3.93. The molecule has 2 rings (SSSR count). The van der Waals surface area contributed by atoms with Gasteiger partial charge in [-0.1, -0.05) is 23.7 Å². The molecule has 0 aromatic heterocycles. The number of benzene rings is 1. The molecule has 1 N–H and O–H groups in total. The zero-order valence-electron chi connectivity index (χ0n) is 11.6. The van der Waals surface area contributed by atoms with E-state index in [9.17, 15) is 0 Å². The molecule has 19 heavy (non-hydrogen) atoms. The summed E-state index contributed by atoms with van der Waals surface area (Å²) in [6, 6.07) is 6.19. The van der Waals surface area contributed by atoms with Crippen LogP contribution in [0.2, 0.25) is 5.02 Å². The third-order valence-electron chi connectivity index (χ3n) is 3.52. The summed E-state index contributed by atoms with van der Waals surface area (Å²) in [5.74, 6) is 1.13. The van der Waals surface area contributed by atoms with Crippen molar-refractivity contribution >= 4 is 29.8 Å². The van der Waals surface area contributed by atoms with Gasteiger partial charge < -0.3 is 10.2 Å².